The second-order valence-corrected chi connectivity index (χ2v) is 6.71. The molecule has 7 heteroatoms. The lowest BCUT2D eigenvalue weighted by molar-refractivity contribution is 0.0857. The van der Waals surface area contributed by atoms with Crippen LogP contribution in [0.15, 0.2) is 48.5 Å². The minimum Gasteiger partial charge on any atom is -0.490 e. The highest BCUT2D eigenvalue weighted by molar-refractivity contribution is 6.06. The molecule has 0 saturated carbocycles. The molecule has 1 fully saturated rings. The lowest BCUT2D eigenvalue weighted by Crippen LogP contribution is -2.31. The number of methoxy groups -OCH3 is 1. The number of rotatable bonds is 9. The second kappa shape index (κ2) is 10.6. The largest absolute Gasteiger partial charge is 0.490 e. The minimum absolute atomic E-state index is 0.101. The zero-order valence-corrected chi connectivity index (χ0v) is 16.5. The van der Waals surface area contributed by atoms with Crippen LogP contribution < -0.4 is 15.4 Å². The Balaban J connectivity index is 1.56. The van der Waals surface area contributed by atoms with E-state index in [1.165, 1.54) is 0 Å². The van der Waals surface area contributed by atoms with E-state index in [0.29, 0.717) is 42.3 Å². The number of benzene rings is 2. The molecule has 2 aromatic carbocycles. The number of para-hydroxylation sites is 1. The van der Waals surface area contributed by atoms with Crippen LogP contribution in [0.25, 0.3) is 0 Å². The fourth-order valence-corrected chi connectivity index (χ4v) is 3.03. The normalized spacial score (nSPS) is 15.7. The zero-order chi connectivity index (χ0) is 20.5. The summed E-state index contributed by atoms with van der Waals surface area (Å²) in [5, 5.41) is 5.71. The number of anilines is 1. The smallest absolute Gasteiger partial charge is 0.259 e. The molecule has 7 nitrogen and oxygen atoms in total. The summed E-state index contributed by atoms with van der Waals surface area (Å²) in [6, 6.07) is 13.8. The third-order valence-corrected chi connectivity index (χ3v) is 4.60. The van der Waals surface area contributed by atoms with Crippen LogP contribution >= 0.6 is 0 Å². The molecule has 1 saturated heterocycles. The van der Waals surface area contributed by atoms with Gasteiger partial charge in [-0.05, 0) is 49.2 Å². The van der Waals surface area contributed by atoms with Gasteiger partial charge in [-0.25, -0.2) is 0 Å². The summed E-state index contributed by atoms with van der Waals surface area (Å²) in [7, 11) is 1.59. The van der Waals surface area contributed by atoms with Crippen LogP contribution in [0.5, 0.6) is 5.75 Å². The number of ether oxygens (including phenoxy) is 3. The number of hydrogen-bond acceptors (Lipinski definition) is 5. The lowest BCUT2D eigenvalue weighted by Gasteiger charge is -2.12. The van der Waals surface area contributed by atoms with Crippen molar-refractivity contribution in [3.05, 3.63) is 59.7 Å². The average molecular weight is 398 g/mol. The molecule has 2 amide bonds. The number of carbonyl (C=O) groups is 2. The van der Waals surface area contributed by atoms with Gasteiger partial charge in [-0.1, -0.05) is 12.1 Å². The lowest BCUT2D eigenvalue weighted by atomic mass is 10.1. The first-order valence-electron chi connectivity index (χ1n) is 9.69. The van der Waals surface area contributed by atoms with E-state index in [1.54, 1.807) is 49.6 Å². The van der Waals surface area contributed by atoms with E-state index < -0.39 is 0 Å². The Labute approximate surface area is 170 Å². The van der Waals surface area contributed by atoms with Gasteiger partial charge in [-0.2, -0.15) is 0 Å². The van der Waals surface area contributed by atoms with Crippen LogP contribution in [0, 0.1) is 0 Å². The Bertz CT molecular complexity index is 816. The third-order valence-electron chi connectivity index (χ3n) is 4.60. The van der Waals surface area contributed by atoms with Gasteiger partial charge in [-0.15, -0.1) is 0 Å². The zero-order valence-electron chi connectivity index (χ0n) is 16.5. The molecule has 0 aromatic heterocycles. The van der Waals surface area contributed by atoms with Crippen LogP contribution in [0.4, 0.5) is 5.69 Å². The van der Waals surface area contributed by atoms with Gasteiger partial charge < -0.3 is 24.8 Å². The molecular formula is C22H26N2O5. The van der Waals surface area contributed by atoms with Gasteiger partial charge in [0.15, 0.2) is 0 Å². The third kappa shape index (κ3) is 6.04. The van der Waals surface area contributed by atoms with E-state index in [1.807, 2.05) is 6.07 Å². The maximum absolute atomic E-state index is 12.6. The van der Waals surface area contributed by atoms with Crippen molar-refractivity contribution in [3.8, 4) is 5.75 Å². The molecule has 0 radical (unpaired) electrons. The van der Waals surface area contributed by atoms with Crippen molar-refractivity contribution in [2.45, 2.75) is 18.9 Å². The molecule has 1 atom stereocenters. The van der Waals surface area contributed by atoms with E-state index >= 15 is 0 Å². The molecule has 1 unspecified atom stereocenters. The molecular weight excluding hydrogens is 372 g/mol. The maximum Gasteiger partial charge on any atom is 0.259 e. The molecule has 0 spiro atoms. The van der Waals surface area contributed by atoms with Gasteiger partial charge in [0.1, 0.15) is 12.4 Å². The van der Waals surface area contributed by atoms with Crippen LogP contribution in [0.2, 0.25) is 0 Å². The summed E-state index contributed by atoms with van der Waals surface area (Å²) in [6.45, 7) is 2.06. The molecule has 3 rings (SSSR count). The van der Waals surface area contributed by atoms with Gasteiger partial charge in [0.25, 0.3) is 11.8 Å². The predicted octanol–water partition coefficient (Wildman–Crippen LogP) is 2.87. The second-order valence-electron chi connectivity index (χ2n) is 6.71. The minimum atomic E-state index is -0.284. The average Bonchev–Trinajstić information content (AvgIpc) is 3.27. The summed E-state index contributed by atoms with van der Waals surface area (Å²) in [5.41, 5.74) is 1.56. The van der Waals surface area contributed by atoms with Crippen LogP contribution in [-0.4, -0.2) is 51.4 Å². The fourth-order valence-electron chi connectivity index (χ4n) is 3.03. The van der Waals surface area contributed by atoms with Crippen molar-refractivity contribution in [1.82, 2.24) is 5.32 Å². The van der Waals surface area contributed by atoms with Gasteiger partial charge in [0.2, 0.25) is 0 Å². The Hall–Kier alpha value is -2.90. The summed E-state index contributed by atoms with van der Waals surface area (Å²) in [5.74, 6) is 0.0519. The van der Waals surface area contributed by atoms with Gasteiger partial charge >= 0.3 is 0 Å². The molecule has 0 bridgehead atoms. The standard InChI is InChI=1S/C22H26N2O5/c1-27-13-14-29-20-7-3-2-6-19(20)22(26)24-17-10-8-16(9-11-17)21(25)23-15-18-5-4-12-28-18/h2-3,6-11,18H,4-5,12-15H2,1H3,(H,23,25)(H,24,26). The summed E-state index contributed by atoms with van der Waals surface area (Å²) >= 11 is 0. The SMILES string of the molecule is COCCOc1ccccc1C(=O)Nc1ccc(C(=O)NCC2CCCO2)cc1. The van der Waals surface area contributed by atoms with Crippen molar-refractivity contribution in [2.24, 2.45) is 0 Å². The quantitative estimate of drug-likeness (QED) is 0.635. The Morgan fingerprint density at radius 2 is 1.86 bits per heavy atom. The van der Waals surface area contributed by atoms with E-state index in [4.69, 9.17) is 14.2 Å². The number of carbonyl (C=O) groups excluding carboxylic acids is 2. The molecule has 1 aliphatic rings. The Morgan fingerprint density at radius 3 is 2.59 bits per heavy atom. The summed E-state index contributed by atoms with van der Waals surface area (Å²) in [4.78, 5) is 24.9. The predicted molar refractivity (Wildman–Crippen MR) is 110 cm³/mol. The van der Waals surface area contributed by atoms with Crippen molar-refractivity contribution in [2.75, 3.05) is 38.8 Å². The molecule has 1 heterocycles. The van der Waals surface area contributed by atoms with E-state index in [2.05, 4.69) is 10.6 Å². The Morgan fingerprint density at radius 1 is 1.07 bits per heavy atom. The topological polar surface area (TPSA) is 85.9 Å². The van der Waals surface area contributed by atoms with Crippen molar-refractivity contribution >= 4 is 17.5 Å². The van der Waals surface area contributed by atoms with E-state index in [9.17, 15) is 9.59 Å². The highest BCUT2D eigenvalue weighted by Crippen LogP contribution is 2.20. The monoisotopic (exact) mass is 398 g/mol. The summed E-state index contributed by atoms with van der Waals surface area (Å²) in [6.07, 6.45) is 2.11. The van der Waals surface area contributed by atoms with Crippen LogP contribution in [-0.2, 0) is 9.47 Å². The summed E-state index contributed by atoms with van der Waals surface area (Å²) < 4.78 is 16.1. The van der Waals surface area contributed by atoms with E-state index in [0.717, 1.165) is 19.4 Å². The molecule has 2 aromatic rings. The highest BCUT2D eigenvalue weighted by Gasteiger charge is 2.17. The van der Waals surface area contributed by atoms with Gasteiger partial charge in [0.05, 0.1) is 18.3 Å². The molecule has 29 heavy (non-hydrogen) atoms. The molecule has 1 aliphatic heterocycles. The maximum atomic E-state index is 12.6. The van der Waals surface area contributed by atoms with Crippen LogP contribution in [0.1, 0.15) is 33.6 Å². The molecule has 154 valence electrons. The van der Waals surface area contributed by atoms with Gasteiger partial charge in [0, 0.05) is 31.5 Å². The number of hydrogen-bond donors (Lipinski definition) is 2. The van der Waals surface area contributed by atoms with Crippen molar-refractivity contribution in [1.29, 1.82) is 0 Å². The number of amides is 2. The molecule has 0 aliphatic carbocycles. The van der Waals surface area contributed by atoms with Crippen molar-refractivity contribution in [3.63, 3.8) is 0 Å². The van der Waals surface area contributed by atoms with Crippen LogP contribution in [0.3, 0.4) is 0 Å². The Kier molecular flexibility index (Phi) is 7.61. The first-order valence-corrected chi connectivity index (χ1v) is 9.69. The molecule has 2 N–H and O–H groups in total. The number of nitrogens with one attached hydrogen (secondary N) is 2. The van der Waals surface area contributed by atoms with E-state index in [-0.39, 0.29) is 17.9 Å². The first kappa shape index (κ1) is 20.8. The highest BCUT2D eigenvalue weighted by atomic mass is 16.5. The van der Waals surface area contributed by atoms with Gasteiger partial charge in [-0.3, -0.25) is 9.59 Å². The van der Waals surface area contributed by atoms with Crippen molar-refractivity contribution < 1.29 is 23.8 Å². The fraction of sp³-hybridized carbons (Fsp3) is 0.364. The first-order chi connectivity index (χ1) is 14.2.